The Hall–Kier alpha value is -0.160. The Balaban J connectivity index is 2.24. The van der Waals surface area contributed by atoms with E-state index in [1.165, 1.54) is 12.8 Å². The molecule has 4 nitrogen and oxygen atoms in total. The van der Waals surface area contributed by atoms with Gasteiger partial charge in [0.25, 0.3) is 0 Å². The summed E-state index contributed by atoms with van der Waals surface area (Å²) in [6, 6.07) is 0. The van der Waals surface area contributed by atoms with Crippen LogP contribution in [0.5, 0.6) is 0 Å². The van der Waals surface area contributed by atoms with E-state index in [1.54, 1.807) is 0 Å². The Labute approximate surface area is 118 Å². The van der Waals surface area contributed by atoms with Crippen LogP contribution in [0.1, 0.15) is 39.5 Å². The maximum Gasteiger partial charge on any atom is 0.0611 e. The van der Waals surface area contributed by atoms with E-state index >= 15 is 0 Å². The predicted molar refractivity (Wildman–Crippen MR) is 79.4 cm³/mol. The summed E-state index contributed by atoms with van der Waals surface area (Å²) >= 11 is 0. The predicted octanol–water partition coefficient (Wildman–Crippen LogP) is 1.49. The van der Waals surface area contributed by atoms with Crippen LogP contribution in [0.3, 0.4) is 0 Å². The van der Waals surface area contributed by atoms with Crippen LogP contribution in [0.15, 0.2) is 0 Å². The lowest BCUT2D eigenvalue weighted by molar-refractivity contribution is 0.0539. The fourth-order valence-corrected chi connectivity index (χ4v) is 2.55. The van der Waals surface area contributed by atoms with Gasteiger partial charge in [-0.3, -0.25) is 0 Å². The van der Waals surface area contributed by atoms with E-state index in [2.05, 4.69) is 31.1 Å². The number of rotatable bonds is 9. The van der Waals surface area contributed by atoms with Crippen molar-refractivity contribution < 1.29 is 9.84 Å². The Kier molecular flexibility index (Phi) is 7.91. The Morgan fingerprint density at radius 3 is 2.63 bits per heavy atom. The van der Waals surface area contributed by atoms with Crippen molar-refractivity contribution in [2.45, 2.75) is 45.1 Å². The van der Waals surface area contributed by atoms with E-state index in [-0.39, 0.29) is 12.1 Å². The van der Waals surface area contributed by atoms with Gasteiger partial charge in [0.15, 0.2) is 0 Å². The normalized spacial score (nSPS) is 20.7. The van der Waals surface area contributed by atoms with Gasteiger partial charge in [0.2, 0.25) is 0 Å². The van der Waals surface area contributed by atoms with Crippen LogP contribution in [0.2, 0.25) is 0 Å². The minimum atomic E-state index is -0.139. The zero-order valence-corrected chi connectivity index (χ0v) is 13.0. The van der Waals surface area contributed by atoms with Gasteiger partial charge in [0.1, 0.15) is 0 Å². The van der Waals surface area contributed by atoms with Gasteiger partial charge >= 0.3 is 0 Å². The number of aliphatic hydroxyl groups excluding tert-OH is 1. The first kappa shape index (κ1) is 16.9. The number of nitrogens with one attached hydrogen (secondary N) is 1. The number of ether oxygens (including phenoxy) is 1. The van der Waals surface area contributed by atoms with Crippen LogP contribution in [-0.2, 0) is 4.74 Å². The minimum absolute atomic E-state index is 0.139. The second-order valence-electron chi connectivity index (χ2n) is 6.21. The molecule has 1 atom stereocenters. The summed E-state index contributed by atoms with van der Waals surface area (Å²) in [5, 5.41) is 13.0. The van der Waals surface area contributed by atoms with Crippen LogP contribution in [0, 0.1) is 5.92 Å². The molecule has 0 aromatic rings. The molecule has 4 heteroatoms. The van der Waals surface area contributed by atoms with Crippen molar-refractivity contribution in [1.29, 1.82) is 0 Å². The second-order valence-corrected chi connectivity index (χ2v) is 6.21. The molecule has 0 aromatic heterocycles. The van der Waals surface area contributed by atoms with E-state index in [1.807, 2.05) is 0 Å². The fraction of sp³-hybridized carbons (Fsp3) is 1.00. The molecule has 2 N–H and O–H groups in total. The van der Waals surface area contributed by atoms with E-state index in [9.17, 15) is 5.11 Å². The van der Waals surface area contributed by atoms with Gasteiger partial charge in [-0.1, -0.05) is 6.92 Å². The molecule has 1 saturated heterocycles. The first-order valence-electron chi connectivity index (χ1n) is 7.72. The highest BCUT2D eigenvalue weighted by Gasteiger charge is 2.23. The van der Waals surface area contributed by atoms with Crippen LogP contribution >= 0.6 is 0 Å². The third-order valence-corrected chi connectivity index (χ3v) is 4.11. The molecule has 0 saturated carbocycles. The molecular formula is C15H32N2O2. The molecule has 0 amide bonds. The third kappa shape index (κ3) is 6.70. The second kappa shape index (κ2) is 8.90. The number of nitrogens with zero attached hydrogens (tertiary/aromatic N) is 1. The molecule has 1 heterocycles. The highest BCUT2D eigenvalue weighted by Crippen LogP contribution is 2.16. The van der Waals surface area contributed by atoms with E-state index in [0.717, 1.165) is 51.6 Å². The van der Waals surface area contributed by atoms with Crippen LogP contribution in [0.25, 0.3) is 0 Å². The van der Waals surface area contributed by atoms with Crippen molar-refractivity contribution in [2.24, 2.45) is 5.92 Å². The summed E-state index contributed by atoms with van der Waals surface area (Å²) in [6.45, 7) is 9.48. The summed E-state index contributed by atoms with van der Waals surface area (Å²) in [5.41, 5.74) is -0.139. The standard InChI is InChI=1S/C15H32N2O2/c1-4-8-16-15(2,13-18)7-9-17(3)12-14-5-10-19-11-6-14/h14,16,18H,4-13H2,1-3H3. The van der Waals surface area contributed by atoms with Gasteiger partial charge < -0.3 is 20.1 Å². The zero-order chi connectivity index (χ0) is 14.1. The van der Waals surface area contributed by atoms with Crippen LogP contribution in [-0.4, -0.2) is 62.0 Å². The van der Waals surface area contributed by atoms with Crippen molar-refractivity contribution in [2.75, 3.05) is 46.5 Å². The first-order chi connectivity index (χ1) is 9.09. The smallest absolute Gasteiger partial charge is 0.0611 e. The van der Waals surface area contributed by atoms with Gasteiger partial charge in [-0.15, -0.1) is 0 Å². The van der Waals surface area contributed by atoms with Crippen molar-refractivity contribution in [1.82, 2.24) is 10.2 Å². The molecule has 0 aromatic carbocycles. The van der Waals surface area contributed by atoms with E-state index < -0.39 is 0 Å². The van der Waals surface area contributed by atoms with Crippen molar-refractivity contribution in [3.05, 3.63) is 0 Å². The fourth-order valence-electron chi connectivity index (χ4n) is 2.55. The molecule has 114 valence electrons. The first-order valence-corrected chi connectivity index (χ1v) is 7.72. The highest BCUT2D eigenvalue weighted by atomic mass is 16.5. The number of hydrogen-bond donors (Lipinski definition) is 2. The topological polar surface area (TPSA) is 44.7 Å². The molecule has 0 bridgehead atoms. The summed E-state index contributed by atoms with van der Waals surface area (Å²) in [5.74, 6) is 0.780. The average Bonchev–Trinajstić information content (AvgIpc) is 2.44. The highest BCUT2D eigenvalue weighted by molar-refractivity contribution is 4.83. The van der Waals surface area contributed by atoms with Crippen molar-refractivity contribution in [3.63, 3.8) is 0 Å². The maximum atomic E-state index is 9.55. The van der Waals surface area contributed by atoms with Crippen molar-refractivity contribution >= 4 is 0 Å². The molecule has 0 aliphatic carbocycles. The molecule has 19 heavy (non-hydrogen) atoms. The third-order valence-electron chi connectivity index (χ3n) is 4.11. The quantitative estimate of drug-likeness (QED) is 0.667. The largest absolute Gasteiger partial charge is 0.394 e. The monoisotopic (exact) mass is 272 g/mol. The number of aliphatic hydroxyl groups is 1. The lowest BCUT2D eigenvalue weighted by Gasteiger charge is -2.32. The SMILES string of the molecule is CCCNC(C)(CO)CCN(C)CC1CCOCC1. The van der Waals surface area contributed by atoms with Gasteiger partial charge in [-0.05, 0) is 58.7 Å². The minimum Gasteiger partial charge on any atom is -0.394 e. The Morgan fingerprint density at radius 2 is 2.05 bits per heavy atom. The Bertz CT molecular complexity index is 232. The van der Waals surface area contributed by atoms with Gasteiger partial charge in [-0.25, -0.2) is 0 Å². The van der Waals surface area contributed by atoms with E-state index in [0.29, 0.717) is 0 Å². The van der Waals surface area contributed by atoms with Gasteiger partial charge in [0, 0.05) is 25.3 Å². The van der Waals surface area contributed by atoms with Crippen molar-refractivity contribution in [3.8, 4) is 0 Å². The lowest BCUT2D eigenvalue weighted by atomic mass is 9.97. The van der Waals surface area contributed by atoms with Gasteiger partial charge in [0.05, 0.1) is 6.61 Å². The van der Waals surface area contributed by atoms with Crippen LogP contribution in [0.4, 0.5) is 0 Å². The summed E-state index contributed by atoms with van der Waals surface area (Å²) < 4.78 is 5.40. The molecule has 1 fully saturated rings. The van der Waals surface area contributed by atoms with E-state index in [4.69, 9.17) is 4.74 Å². The van der Waals surface area contributed by atoms with Crippen LogP contribution < -0.4 is 5.32 Å². The molecule has 0 radical (unpaired) electrons. The maximum absolute atomic E-state index is 9.55. The molecule has 0 spiro atoms. The van der Waals surface area contributed by atoms with Gasteiger partial charge in [-0.2, -0.15) is 0 Å². The zero-order valence-electron chi connectivity index (χ0n) is 13.0. The lowest BCUT2D eigenvalue weighted by Crippen LogP contribution is -2.48. The average molecular weight is 272 g/mol. The molecular weight excluding hydrogens is 240 g/mol. The molecule has 1 aliphatic rings. The summed E-state index contributed by atoms with van der Waals surface area (Å²) in [6.07, 6.45) is 4.47. The molecule has 1 aliphatic heterocycles. The Morgan fingerprint density at radius 1 is 1.37 bits per heavy atom. The summed E-state index contributed by atoms with van der Waals surface area (Å²) in [4.78, 5) is 2.40. The number of hydrogen-bond acceptors (Lipinski definition) is 4. The summed E-state index contributed by atoms with van der Waals surface area (Å²) in [7, 11) is 2.19. The molecule has 1 rings (SSSR count). The molecule has 1 unspecified atom stereocenters.